The van der Waals surface area contributed by atoms with Gasteiger partial charge in [0.05, 0.1) is 6.04 Å². The van der Waals surface area contributed by atoms with Gasteiger partial charge >= 0.3 is 6.18 Å². The Morgan fingerprint density at radius 2 is 1.96 bits per heavy atom. The van der Waals surface area contributed by atoms with E-state index >= 15 is 0 Å². The largest absolute Gasteiger partial charge is 0.432 e. The molecule has 2 aromatic rings. The fraction of sp³-hybridized carbons (Fsp3) is 0.235. The number of nitrogens with one attached hydrogen (secondary N) is 1. The van der Waals surface area contributed by atoms with E-state index < -0.39 is 17.9 Å². The molecule has 1 N–H and O–H groups in total. The SMILES string of the molecule is CN(C)C(=O)c1cc(C2C=C(C(F)(F)F)N(c3ccccn3)N2)ccn1. The number of hydrogen-bond donors (Lipinski definition) is 1. The lowest BCUT2D eigenvalue weighted by Crippen LogP contribution is -2.38. The molecule has 0 aromatic carbocycles. The van der Waals surface area contributed by atoms with Crippen molar-refractivity contribution in [1.29, 1.82) is 0 Å². The first-order chi connectivity index (χ1) is 12.3. The fourth-order valence-electron chi connectivity index (χ4n) is 2.53. The third-order valence-electron chi connectivity index (χ3n) is 3.77. The number of amides is 1. The number of carbonyl (C=O) groups excluding carboxylic acids is 1. The summed E-state index contributed by atoms with van der Waals surface area (Å²) in [4.78, 5) is 21.4. The molecular weight excluding hydrogens is 347 g/mol. The van der Waals surface area contributed by atoms with Crippen LogP contribution in [0.3, 0.4) is 0 Å². The smallest absolute Gasteiger partial charge is 0.343 e. The minimum atomic E-state index is -4.56. The summed E-state index contributed by atoms with van der Waals surface area (Å²) in [6.45, 7) is 0. The molecule has 0 spiro atoms. The topological polar surface area (TPSA) is 61.4 Å². The summed E-state index contributed by atoms with van der Waals surface area (Å²) >= 11 is 0. The minimum absolute atomic E-state index is 0.122. The minimum Gasteiger partial charge on any atom is -0.343 e. The molecule has 2 aromatic heterocycles. The zero-order chi connectivity index (χ0) is 18.9. The molecule has 1 aliphatic rings. The molecule has 0 radical (unpaired) electrons. The monoisotopic (exact) mass is 363 g/mol. The van der Waals surface area contributed by atoms with E-state index in [2.05, 4.69) is 15.4 Å². The van der Waals surface area contributed by atoms with E-state index in [1.54, 1.807) is 32.3 Å². The molecule has 0 bridgehead atoms. The summed E-state index contributed by atoms with van der Waals surface area (Å²) in [7, 11) is 3.16. The molecule has 9 heteroatoms. The van der Waals surface area contributed by atoms with Crippen LogP contribution in [0.15, 0.2) is 54.5 Å². The van der Waals surface area contributed by atoms with Gasteiger partial charge in [0.15, 0.2) is 0 Å². The number of rotatable bonds is 3. The summed E-state index contributed by atoms with van der Waals surface area (Å²) in [6, 6.07) is 6.97. The van der Waals surface area contributed by atoms with E-state index in [4.69, 9.17) is 0 Å². The van der Waals surface area contributed by atoms with Crippen LogP contribution in [0.5, 0.6) is 0 Å². The van der Waals surface area contributed by atoms with Crippen LogP contribution in [0, 0.1) is 0 Å². The summed E-state index contributed by atoms with van der Waals surface area (Å²) < 4.78 is 40.3. The molecule has 1 unspecified atom stereocenters. The first-order valence-electron chi connectivity index (χ1n) is 7.71. The molecule has 3 rings (SSSR count). The Hall–Kier alpha value is -2.94. The van der Waals surface area contributed by atoms with Gasteiger partial charge in [0, 0.05) is 26.5 Å². The zero-order valence-corrected chi connectivity index (χ0v) is 14.0. The van der Waals surface area contributed by atoms with E-state index in [9.17, 15) is 18.0 Å². The predicted octanol–water partition coefficient (Wildman–Crippen LogP) is 2.69. The lowest BCUT2D eigenvalue weighted by molar-refractivity contribution is -0.0931. The Kier molecular flexibility index (Phi) is 4.64. The summed E-state index contributed by atoms with van der Waals surface area (Å²) in [6.07, 6.45) is -0.681. The van der Waals surface area contributed by atoms with Gasteiger partial charge in [0.25, 0.3) is 5.91 Å². The number of nitrogens with zero attached hydrogens (tertiary/aromatic N) is 4. The highest BCUT2D eigenvalue weighted by Crippen LogP contribution is 2.37. The van der Waals surface area contributed by atoms with Crippen LogP contribution in [0.4, 0.5) is 19.0 Å². The molecule has 1 amide bonds. The van der Waals surface area contributed by atoms with Gasteiger partial charge in [0.2, 0.25) is 0 Å². The maximum absolute atomic E-state index is 13.4. The second kappa shape index (κ2) is 6.75. The van der Waals surface area contributed by atoms with Crippen LogP contribution in [0.25, 0.3) is 0 Å². The third-order valence-corrected chi connectivity index (χ3v) is 3.77. The summed E-state index contributed by atoms with van der Waals surface area (Å²) in [5, 5.41) is 0.901. The van der Waals surface area contributed by atoms with Gasteiger partial charge in [-0.25, -0.2) is 10.4 Å². The molecule has 0 fully saturated rings. The first-order valence-corrected chi connectivity index (χ1v) is 7.71. The highest BCUT2D eigenvalue weighted by molar-refractivity contribution is 5.92. The second-order valence-corrected chi connectivity index (χ2v) is 5.85. The Bertz CT molecular complexity index is 836. The van der Waals surface area contributed by atoms with E-state index in [0.29, 0.717) is 5.56 Å². The third kappa shape index (κ3) is 3.52. The van der Waals surface area contributed by atoms with Gasteiger partial charge in [-0.15, -0.1) is 0 Å². The van der Waals surface area contributed by atoms with E-state index in [-0.39, 0.29) is 17.4 Å². The molecule has 136 valence electrons. The highest BCUT2D eigenvalue weighted by atomic mass is 19.4. The van der Waals surface area contributed by atoms with Crippen molar-refractivity contribution in [2.75, 3.05) is 19.1 Å². The van der Waals surface area contributed by atoms with Gasteiger partial charge in [-0.3, -0.25) is 14.8 Å². The molecule has 26 heavy (non-hydrogen) atoms. The Morgan fingerprint density at radius 3 is 2.58 bits per heavy atom. The van der Waals surface area contributed by atoms with Gasteiger partial charge in [0.1, 0.15) is 17.2 Å². The van der Waals surface area contributed by atoms with E-state index in [1.165, 1.54) is 29.4 Å². The molecule has 1 aliphatic heterocycles. The van der Waals surface area contributed by atoms with Crippen molar-refractivity contribution >= 4 is 11.7 Å². The lowest BCUT2D eigenvalue weighted by atomic mass is 10.1. The van der Waals surface area contributed by atoms with Gasteiger partial charge in [-0.05, 0) is 35.9 Å². The lowest BCUT2D eigenvalue weighted by Gasteiger charge is -2.24. The molecule has 6 nitrogen and oxygen atoms in total. The van der Waals surface area contributed by atoms with Crippen LogP contribution in [-0.2, 0) is 0 Å². The van der Waals surface area contributed by atoms with Crippen LogP contribution in [0.1, 0.15) is 22.1 Å². The number of carbonyl (C=O) groups is 1. The normalized spacial score (nSPS) is 17.2. The van der Waals surface area contributed by atoms with Crippen molar-refractivity contribution in [2.24, 2.45) is 0 Å². The van der Waals surface area contributed by atoms with Gasteiger partial charge in [-0.1, -0.05) is 6.07 Å². The summed E-state index contributed by atoms with van der Waals surface area (Å²) in [5.41, 5.74) is 2.57. The molecule has 0 saturated heterocycles. The zero-order valence-electron chi connectivity index (χ0n) is 14.0. The molecule has 0 aliphatic carbocycles. The van der Waals surface area contributed by atoms with Crippen molar-refractivity contribution < 1.29 is 18.0 Å². The number of hydrazine groups is 1. The average molecular weight is 363 g/mol. The van der Waals surface area contributed by atoms with Crippen molar-refractivity contribution in [3.05, 3.63) is 65.8 Å². The highest BCUT2D eigenvalue weighted by Gasteiger charge is 2.43. The Labute approximate surface area is 147 Å². The number of halogens is 3. The number of aromatic nitrogens is 2. The van der Waals surface area contributed by atoms with Crippen LogP contribution >= 0.6 is 0 Å². The van der Waals surface area contributed by atoms with Gasteiger partial charge in [-0.2, -0.15) is 13.2 Å². The average Bonchev–Trinajstić information content (AvgIpc) is 3.08. The number of pyridine rings is 2. The molecule has 3 heterocycles. The first kappa shape index (κ1) is 17.9. The molecule has 1 atom stereocenters. The van der Waals surface area contributed by atoms with Gasteiger partial charge < -0.3 is 4.90 Å². The van der Waals surface area contributed by atoms with Crippen molar-refractivity contribution in [3.8, 4) is 0 Å². The number of allylic oxidation sites excluding steroid dienone is 1. The van der Waals surface area contributed by atoms with Crippen molar-refractivity contribution in [1.82, 2.24) is 20.3 Å². The van der Waals surface area contributed by atoms with E-state index in [0.717, 1.165) is 11.1 Å². The van der Waals surface area contributed by atoms with Crippen LogP contribution in [0.2, 0.25) is 0 Å². The number of anilines is 1. The molecule has 0 saturated carbocycles. The fourth-order valence-corrected chi connectivity index (χ4v) is 2.53. The molecular formula is C17H16F3N5O. The Morgan fingerprint density at radius 1 is 1.19 bits per heavy atom. The van der Waals surface area contributed by atoms with Crippen LogP contribution in [-0.4, -0.2) is 41.0 Å². The van der Waals surface area contributed by atoms with Crippen molar-refractivity contribution in [3.63, 3.8) is 0 Å². The summed E-state index contributed by atoms with van der Waals surface area (Å²) in [5.74, 6) is -0.205. The maximum atomic E-state index is 13.4. The maximum Gasteiger partial charge on any atom is 0.432 e. The Balaban J connectivity index is 1.96. The quantitative estimate of drug-likeness (QED) is 0.909. The standard InChI is InChI=1S/C17H16F3N5O/c1-24(2)16(26)13-9-11(6-8-21-13)12-10-14(17(18,19)20)25(23-12)15-5-3-4-7-22-15/h3-10,12,23H,1-2H3. The van der Waals surface area contributed by atoms with Crippen LogP contribution < -0.4 is 10.4 Å². The van der Waals surface area contributed by atoms with Crippen molar-refractivity contribution in [2.45, 2.75) is 12.2 Å². The second-order valence-electron chi connectivity index (χ2n) is 5.85. The number of alkyl halides is 3. The number of hydrogen-bond acceptors (Lipinski definition) is 5. The predicted molar refractivity (Wildman–Crippen MR) is 89.0 cm³/mol. The van der Waals surface area contributed by atoms with E-state index in [1.807, 2.05) is 0 Å².